The molecule has 6 atom stereocenters. The Bertz CT molecular complexity index is 943. The van der Waals surface area contributed by atoms with Gasteiger partial charge < -0.3 is 32.7 Å². The first-order valence-corrected chi connectivity index (χ1v) is 15.6. The minimum absolute atomic E-state index is 0.205. The number of hydrogen-bond acceptors (Lipinski definition) is 13. The number of nitrogens with zero attached hydrogens (tertiary/aromatic N) is 3. The van der Waals surface area contributed by atoms with Gasteiger partial charge in [0.1, 0.15) is 18.8 Å². The number of carbonyl (C=O) groups is 3. The third-order valence-corrected chi connectivity index (χ3v) is 8.27. The van der Waals surface area contributed by atoms with E-state index in [2.05, 4.69) is 38.4 Å². The van der Waals surface area contributed by atoms with Crippen LogP contribution < -0.4 is 0 Å². The Balaban J connectivity index is 2.06. The molecule has 1 saturated carbocycles. The SMILES string of the molecule is CC(=O)OCC1OC(OCCCCOP(OCCC#N)N(C(C)C)C(C)C)C(N=C2CC2)C(OC(C)=O)C1OC(C)=O. The molecule has 0 amide bonds. The fourth-order valence-electron chi connectivity index (χ4n) is 4.42. The lowest BCUT2D eigenvalue weighted by atomic mass is 9.96. The Morgan fingerprint density at radius 1 is 0.952 bits per heavy atom. The summed E-state index contributed by atoms with van der Waals surface area (Å²) in [6, 6.07) is 1.73. The summed E-state index contributed by atoms with van der Waals surface area (Å²) in [5.41, 5.74) is 0.923. The third kappa shape index (κ3) is 12.6. The first-order chi connectivity index (χ1) is 19.9. The van der Waals surface area contributed by atoms with Crippen molar-refractivity contribution in [2.24, 2.45) is 4.99 Å². The maximum atomic E-state index is 12.1. The van der Waals surface area contributed by atoms with Crippen LogP contribution in [0.1, 0.15) is 80.6 Å². The molecule has 0 bridgehead atoms. The van der Waals surface area contributed by atoms with E-state index in [4.69, 9.17) is 43.0 Å². The fourth-order valence-corrected chi connectivity index (χ4v) is 6.04. The van der Waals surface area contributed by atoms with E-state index in [-0.39, 0.29) is 31.7 Å². The van der Waals surface area contributed by atoms with Crippen LogP contribution in [0.15, 0.2) is 4.99 Å². The van der Waals surface area contributed by atoms with Gasteiger partial charge in [-0.25, -0.2) is 4.67 Å². The minimum atomic E-state index is -1.33. The van der Waals surface area contributed by atoms with E-state index in [1.165, 1.54) is 20.8 Å². The van der Waals surface area contributed by atoms with Crippen LogP contribution in [-0.4, -0.2) is 97.4 Å². The number of esters is 3. The Morgan fingerprint density at radius 2 is 1.55 bits per heavy atom. The molecule has 1 aliphatic heterocycles. The lowest BCUT2D eigenvalue weighted by Gasteiger charge is -2.43. The monoisotopic (exact) mass is 615 g/mol. The van der Waals surface area contributed by atoms with E-state index in [9.17, 15) is 14.4 Å². The van der Waals surface area contributed by atoms with Crippen molar-refractivity contribution in [3.05, 3.63) is 0 Å². The predicted octanol–water partition coefficient (Wildman–Crippen LogP) is 3.83. The molecule has 2 aliphatic rings. The van der Waals surface area contributed by atoms with Crippen LogP contribution in [0, 0.1) is 11.3 Å². The lowest BCUT2D eigenvalue weighted by Crippen LogP contribution is -2.61. The van der Waals surface area contributed by atoms with Gasteiger partial charge in [0.05, 0.1) is 25.7 Å². The van der Waals surface area contributed by atoms with Gasteiger partial charge in [0.2, 0.25) is 0 Å². The van der Waals surface area contributed by atoms with Crippen molar-refractivity contribution in [3.8, 4) is 6.07 Å². The number of nitriles is 1. The Kier molecular flexibility index (Phi) is 15.8. The molecule has 238 valence electrons. The van der Waals surface area contributed by atoms with Gasteiger partial charge in [0.15, 0.2) is 18.5 Å². The molecule has 2 fully saturated rings. The molecule has 0 aromatic carbocycles. The van der Waals surface area contributed by atoms with Gasteiger partial charge in [0, 0.05) is 45.2 Å². The number of aliphatic imine (C=N–C) groups is 1. The largest absolute Gasteiger partial charge is 0.463 e. The standard InChI is InChI=1S/C28H46N3O10P/c1-18(2)31(19(3)4)42(38-16-10-13-29)37-15-9-8-14-35-28-25(30-23-11-12-23)27(40-22(7)34)26(39-21(6)33)24(41-28)17-36-20(5)32/h18-19,24-28H,8-12,14-17H2,1-7H3. The Hall–Kier alpha value is -2.20. The molecule has 0 N–H and O–H groups in total. The number of rotatable bonds is 18. The number of ether oxygens (including phenoxy) is 5. The molecule has 6 unspecified atom stereocenters. The van der Waals surface area contributed by atoms with Gasteiger partial charge in [0.25, 0.3) is 8.53 Å². The molecule has 1 heterocycles. The van der Waals surface area contributed by atoms with E-state index in [0.717, 1.165) is 18.6 Å². The lowest BCUT2D eigenvalue weighted by molar-refractivity contribution is -0.273. The van der Waals surface area contributed by atoms with E-state index in [1.54, 1.807) is 0 Å². The quantitative estimate of drug-likeness (QED) is 0.0952. The second-order valence-corrected chi connectivity index (χ2v) is 12.1. The molecule has 0 aromatic rings. The highest BCUT2D eigenvalue weighted by atomic mass is 31.2. The Labute approximate surface area is 250 Å². The van der Waals surface area contributed by atoms with Gasteiger partial charge in [-0.1, -0.05) is 0 Å². The van der Waals surface area contributed by atoms with Crippen molar-refractivity contribution in [2.45, 2.75) is 123 Å². The topological polar surface area (TPSA) is 155 Å². The maximum absolute atomic E-state index is 12.1. The van der Waals surface area contributed by atoms with Crippen molar-refractivity contribution in [3.63, 3.8) is 0 Å². The van der Waals surface area contributed by atoms with Crippen LogP contribution in [0.2, 0.25) is 0 Å². The van der Waals surface area contributed by atoms with Crippen molar-refractivity contribution < 1.29 is 47.1 Å². The van der Waals surface area contributed by atoms with Crippen LogP contribution in [0.25, 0.3) is 0 Å². The highest BCUT2D eigenvalue weighted by Crippen LogP contribution is 2.46. The zero-order chi connectivity index (χ0) is 31.2. The zero-order valence-electron chi connectivity index (χ0n) is 25.8. The maximum Gasteiger partial charge on any atom is 0.303 e. The van der Waals surface area contributed by atoms with E-state index in [1.807, 2.05) is 0 Å². The molecule has 14 heteroatoms. The summed E-state index contributed by atoms with van der Waals surface area (Å²) >= 11 is 0. The Morgan fingerprint density at radius 3 is 2.10 bits per heavy atom. The first kappa shape index (κ1) is 36.0. The predicted molar refractivity (Wildman–Crippen MR) is 153 cm³/mol. The van der Waals surface area contributed by atoms with Gasteiger partial charge in [-0.2, -0.15) is 5.26 Å². The summed E-state index contributed by atoms with van der Waals surface area (Å²) in [5.74, 6) is -1.71. The zero-order valence-corrected chi connectivity index (χ0v) is 26.7. The highest BCUT2D eigenvalue weighted by molar-refractivity contribution is 7.44. The summed E-state index contributed by atoms with van der Waals surface area (Å²) in [4.78, 5) is 40.2. The molecule has 0 spiro atoms. The molecule has 0 radical (unpaired) electrons. The van der Waals surface area contributed by atoms with Crippen LogP contribution in [0.5, 0.6) is 0 Å². The van der Waals surface area contributed by atoms with Crippen LogP contribution >= 0.6 is 8.53 Å². The van der Waals surface area contributed by atoms with E-state index in [0.29, 0.717) is 26.1 Å². The molecule has 0 aromatic heterocycles. The summed E-state index contributed by atoms with van der Waals surface area (Å²) < 4.78 is 42.7. The molecule has 42 heavy (non-hydrogen) atoms. The number of unbranched alkanes of at least 4 members (excludes halogenated alkanes) is 1. The minimum Gasteiger partial charge on any atom is -0.463 e. The second kappa shape index (κ2) is 18.5. The van der Waals surface area contributed by atoms with Crippen LogP contribution in [0.4, 0.5) is 0 Å². The fraction of sp³-hybridized carbons (Fsp3) is 0.821. The van der Waals surface area contributed by atoms with Crippen molar-refractivity contribution in [2.75, 3.05) is 26.4 Å². The van der Waals surface area contributed by atoms with Crippen LogP contribution in [0.3, 0.4) is 0 Å². The van der Waals surface area contributed by atoms with Gasteiger partial charge in [-0.05, 0) is 53.4 Å². The van der Waals surface area contributed by atoms with Crippen molar-refractivity contribution in [1.29, 1.82) is 5.26 Å². The average Bonchev–Trinajstić information content (AvgIpc) is 3.71. The molecule has 13 nitrogen and oxygen atoms in total. The summed E-state index contributed by atoms with van der Waals surface area (Å²) in [6.45, 7) is 12.9. The van der Waals surface area contributed by atoms with E-state index >= 15 is 0 Å². The van der Waals surface area contributed by atoms with E-state index < -0.39 is 57.1 Å². The van der Waals surface area contributed by atoms with Gasteiger partial charge in [-0.15, -0.1) is 0 Å². The highest BCUT2D eigenvalue weighted by Gasteiger charge is 2.51. The van der Waals surface area contributed by atoms with Gasteiger partial charge >= 0.3 is 17.9 Å². The molecule has 1 saturated heterocycles. The summed E-state index contributed by atoms with van der Waals surface area (Å²) in [6.07, 6.45) is -0.704. The molecule has 2 rings (SSSR count). The van der Waals surface area contributed by atoms with Crippen molar-refractivity contribution in [1.82, 2.24) is 4.67 Å². The molecular weight excluding hydrogens is 569 g/mol. The summed E-state index contributed by atoms with van der Waals surface area (Å²) in [5, 5.41) is 8.89. The normalized spacial score (nSPS) is 24.3. The number of carbonyl (C=O) groups excluding carboxylic acids is 3. The van der Waals surface area contributed by atoms with Crippen LogP contribution in [-0.2, 0) is 47.1 Å². The smallest absolute Gasteiger partial charge is 0.303 e. The molecule has 1 aliphatic carbocycles. The second-order valence-electron chi connectivity index (χ2n) is 10.6. The number of hydrogen-bond donors (Lipinski definition) is 0. The third-order valence-electron chi connectivity index (χ3n) is 6.16. The van der Waals surface area contributed by atoms with Gasteiger partial charge in [-0.3, -0.25) is 19.4 Å². The first-order valence-electron chi connectivity index (χ1n) is 14.5. The average molecular weight is 616 g/mol. The summed E-state index contributed by atoms with van der Waals surface area (Å²) in [7, 11) is -1.33. The van der Waals surface area contributed by atoms with Crippen molar-refractivity contribution >= 4 is 32.1 Å². The molecular formula is C28H46N3O10P.